The van der Waals surface area contributed by atoms with E-state index < -0.39 is 0 Å². The molecule has 0 saturated carbocycles. The third kappa shape index (κ3) is 3.23. The van der Waals surface area contributed by atoms with E-state index in [1.165, 1.54) is 6.42 Å². The molecule has 1 saturated heterocycles. The fourth-order valence-electron chi connectivity index (χ4n) is 2.05. The van der Waals surface area contributed by atoms with Crippen molar-refractivity contribution in [1.29, 1.82) is 0 Å². The van der Waals surface area contributed by atoms with Crippen LogP contribution in [-0.2, 0) is 0 Å². The van der Waals surface area contributed by atoms with Crippen LogP contribution in [0.3, 0.4) is 0 Å². The van der Waals surface area contributed by atoms with Gasteiger partial charge in [0.05, 0.1) is 11.4 Å². The molecule has 17 heavy (non-hydrogen) atoms. The average molecular weight is 271 g/mol. The summed E-state index contributed by atoms with van der Waals surface area (Å²) in [4.78, 5) is 2.35. The summed E-state index contributed by atoms with van der Waals surface area (Å²) in [5.74, 6) is 1.14. The number of anilines is 2. The van der Waals surface area contributed by atoms with E-state index in [1.807, 2.05) is 30.0 Å². The van der Waals surface area contributed by atoms with Crippen LogP contribution in [0.4, 0.5) is 11.4 Å². The quantitative estimate of drug-likeness (QED) is 0.790. The standard InChI is InChI=1S/C13H19ClN2S/c1-13(2)5-6-16(7-8-17-13)12-9-10(14)3-4-11(12)15/h3-4,9H,5-8,15H2,1-2H3. The lowest BCUT2D eigenvalue weighted by Gasteiger charge is -2.25. The van der Waals surface area contributed by atoms with Crippen molar-refractivity contribution in [3.63, 3.8) is 0 Å². The molecule has 0 amide bonds. The summed E-state index contributed by atoms with van der Waals surface area (Å²) < 4.78 is 0.363. The average Bonchev–Trinajstić information content (AvgIpc) is 2.43. The van der Waals surface area contributed by atoms with Gasteiger partial charge in [0.15, 0.2) is 0 Å². The van der Waals surface area contributed by atoms with Crippen LogP contribution < -0.4 is 10.6 Å². The second-order valence-corrected chi connectivity index (χ2v) is 7.29. The smallest absolute Gasteiger partial charge is 0.0615 e. The summed E-state index contributed by atoms with van der Waals surface area (Å²) in [6.45, 7) is 6.70. The minimum Gasteiger partial charge on any atom is -0.397 e. The summed E-state index contributed by atoms with van der Waals surface area (Å²) in [7, 11) is 0. The summed E-state index contributed by atoms with van der Waals surface area (Å²) in [6.07, 6.45) is 1.17. The molecule has 4 heteroatoms. The Labute approximate surface area is 113 Å². The second-order valence-electron chi connectivity index (χ2n) is 5.05. The molecule has 2 N–H and O–H groups in total. The van der Waals surface area contributed by atoms with Gasteiger partial charge in [0, 0.05) is 28.6 Å². The number of hydrogen-bond donors (Lipinski definition) is 1. The molecule has 0 unspecified atom stereocenters. The monoisotopic (exact) mass is 270 g/mol. The first-order valence-corrected chi connectivity index (χ1v) is 7.28. The predicted molar refractivity (Wildman–Crippen MR) is 79.2 cm³/mol. The Bertz CT molecular complexity index is 406. The topological polar surface area (TPSA) is 29.3 Å². The molecule has 2 rings (SSSR count). The molecular formula is C13H19ClN2S. The Hall–Kier alpha value is -0.540. The summed E-state index contributed by atoms with van der Waals surface area (Å²) in [5, 5.41) is 0.755. The van der Waals surface area contributed by atoms with Crippen LogP contribution in [0, 0.1) is 0 Å². The van der Waals surface area contributed by atoms with E-state index in [2.05, 4.69) is 18.7 Å². The zero-order valence-electron chi connectivity index (χ0n) is 10.4. The first-order chi connectivity index (χ1) is 7.98. The number of nitrogen functional groups attached to an aromatic ring is 1. The summed E-state index contributed by atoms with van der Waals surface area (Å²) >= 11 is 8.08. The van der Waals surface area contributed by atoms with Crippen LogP contribution in [0.2, 0.25) is 5.02 Å². The van der Waals surface area contributed by atoms with Gasteiger partial charge in [0.1, 0.15) is 0 Å². The van der Waals surface area contributed by atoms with Crippen molar-refractivity contribution in [2.45, 2.75) is 25.0 Å². The molecule has 0 atom stereocenters. The Morgan fingerprint density at radius 1 is 1.35 bits per heavy atom. The van der Waals surface area contributed by atoms with Gasteiger partial charge in [-0.2, -0.15) is 11.8 Å². The van der Waals surface area contributed by atoms with E-state index in [9.17, 15) is 0 Å². The maximum atomic E-state index is 6.05. The predicted octanol–water partition coefficient (Wildman–Crippen LogP) is 3.64. The van der Waals surface area contributed by atoms with Crippen molar-refractivity contribution in [3.05, 3.63) is 23.2 Å². The lowest BCUT2D eigenvalue weighted by Crippen LogP contribution is -2.27. The van der Waals surface area contributed by atoms with Gasteiger partial charge in [-0.1, -0.05) is 25.4 Å². The molecular weight excluding hydrogens is 252 g/mol. The van der Waals surface area contributed by atoms with Crippen LogP contribution in [0.1, 0.15) is 20.3 Å². The van der Waals surface area contributed by atoms with Gasteiger partial charge in [-0.15, -0.1) is 0 Å². The van der Waals surface area contributed by atoms with Gasteiger partial charge in [-0.25, -0.2) is 0 Å². The largest absolute Gasteiger partial charge is 0.397 e. The lowest BCUT2D eigenvalue weighted by atomic mass is 10.1. The van der Waals surface area contributed by atoms with Crippen molar-refractivity contribution >= 4 is 34.7 Å². The Kier molecular flexibility index (Phi) is 3.79. The van der Waals surface area contributed by atoms with E-state index in [-0.39, 0.29) is 0 Å². The molecule has 1 aliphatic heterocycles. The van der Waals surface area contributed by atoms with E-state index in [4.69, 9.17) is 17.3 Å². The van der Waals surface area contributed by atoms with Crippen LogP contribution in [0.25, 0.3) is 0 Å². The highest BCUT2D eigenvalue weighted by Gasteiger charge is 2.24. The molecule has 0 aliphatic carbocycles. The number of nitrogens with two attached hydrogens (primary N) is 1. The Balaban J connectivity index is 2.19. The molecule has 0 bridgehead atoms. The minimum absolute atomic E-state index is 0.363. The molecule has 1 aromatic rings. The van der Waals surface area contributed by atoms with Gasteiger partial charge < -0.3 is 10.6 Å². The highest BCUT2D eigenvalue weighted by atomic mass is 35.5. The molecule has 2 nitrogen and oxygen atoms in total. The van der Waals surface area contributed by atoms with Crippen molar-refractivity contribution < 1.29 is 0 Å². The molecule has 1 heterocycles. The van der Waals surface area contributed by atoms with Crippen LogP contribution in [0.5, 0.6) is 0 Å². The second kappa shape index (κ2) is 4.99. The number of thioether (sulfide) groups is 1. The van der Waals surface area contributed by atoms with Crippen molar-refractivity contribution in [2.75, 3.05) is 29.5 Å². The number of halogens is 1. The molecule has 0 aromatic heterocycles. The molecule has 1 aromatic carbocycles. The van der Waals surface area contributed by atoms with Gasteiger partial charge in [0.2, 0.25) is 0 Å². The number of benzene rings is 1. The van der Waals surface area contributed by atoms with Crippen LogP contribution >= 0.6 is 23.4 Å². The van der Waals surface area contributed by atoms with Gasteiger partial charge in [-0.05, 0) is 24.6 Å². The maximum absolute atomic E-state index is 6.05. The van der Waals surface area contributed by atoms with Crippen LogP contribution in [0.15, 0.2) is 18.2 Å². The van der Waals surface area contributed by atoms with Gasteiger partial charge >= 0.3 is 0 Å². The van der Waals surface area contributed by atoms with Crippen molar-refractivity contribution in [3.8, 4) is 0 Å². The zero-order valence-corrected chi connectivity index (χ0v) is 11.9. The molecule has 94 valence electrons. The molecule has 1 fully saturated rings. The lowest BCUT2D eigenvalue weighted by molar-refractivity contribution is 0.638. The maximum Gasteiger partial charge on any atom is 0.0615 e. The van der Waals surface area contributed by atoms with Crippen molar-refractivity contribution in [1.82, 2.24) is 0 Å². The minimum atomic E-state index is 0.363. The van der Waals surface area contributed by atoms with E-state index in [1.54, 1.807) is 0 Å². The summed E-state index contributed by atoms with van der Waals surface area (Å²) in [6, 6.07) is 5.71. The van der Waals surface area contributed by atoms with Gasteiger partial charge in [-0.3, -0.25) is 0 Å². The third-order valence-electron chi connectivity index (χ3n) is 3.17. The fourth-order valence-corrected chi connectivity index (χ4v) is 3.32. The molecule has 0 spiro atoms. The zero-order chi connectivity index (χ0) is 12.5. The fraction of sp³-hybridized carbons (Fsp3) is 0.538. The highest BCUT2D eigenvalue weighted by molar-refractivity contribution is 8.00. The molecule has 1 aliphatic rings. The third-order valence-corrected chi connectivity index (χ3v) is 4.78. The number of hydrogen-bond acceptors (Lipinski definition) is 3. The first-order valence-electron chi connectivity index (χ1n) is 5.92. The normalized spacial score (nSPS) is 20.1. The van der Waals surface area contributed by atoms with Gasteiger partial charge in [0.25, 0.3) is 0 Å². The van der Waals surface area contributed by atoms with Crippen molar-refractivity contribution in [2.24, 2.45) is 0 Å². The number of nitrogens with zero attached hydrogens (tertiary/aromatic N) is 1. The molecule has 0 radical (unpaired) electrons. The first kappa shape index (κ1) is 12.9. The highest BCUT2D eigenvalue weighted by Crippen LogP contribution is 2.34. The van der Waals surface area contributed by atoms with Crippen LogP contribution in [-0.4, -0.2) is 23.6 Å². The Morgan fingerprint density at radius 3 is 2.88 bits per heavy atom. The van der Waals surface area contributed by atoms with E-state index in [0.29, 0.717) is 4.75 Å². The Morgan fingerprint density at radius 2 is 2.12 bits per heavy atom. The summed E-state index contributed by atoms with van der Waals surface area (Å²) in [5.41, 5.74) is 7.93. The van der Waals surface area contributed by atoms with E-state index >= 15 is 0 Å². The van der Waals surface area contributed by atoms with E-state index in [0.717, 1.165) is 35.2 Å². The number of rotatable bonds is 1. The SMILES string of the molecule is CC1(C)CCN(c2cc(Cl)ccc2N)CCS1.